The van der Waals surface area contributed by atoms with Gasteiger partial charge in [-0.15, -0.1) is 0 Å². The van der Waals surface area contributed by atoms with E-state index in [4.69, 9.17) is 0 Å². The summed E-state index contributed by atoms with van der Waals surface area (Å²) in [7, 11) is 1.87. The largest absolute Gasteiger partial charge is 0.550 e. The minimum absolute atomic E-state index is 0.0862. The topological polar surface area (TPSA) is 83.8 Å². The Kier molecular flexibility index (Phi) is 2.48. The quantitative estimate of drug-likeness (QED) is 0.560. The molecule has 5 heteroatoms. The van der Waals surface area contributed by atoms with Gasteiger partial charge in [0.2, 0.25) is 0 Å². The number of carbonyl (C=O) groups is 1. The third kappa shape index (κ3) is 1.75. The lowest BCUT2D eigenvalue weighted by Crippen LogP contribution is -2.50. The Labute approximate surface area is 88.3 Å². The number of fused-ring (bicyclic) bond motifs is 2. The van der Waals surface area contributed by atoms with Crippen molar-refractivity contribution < 1.29 is 20.1 Å². The maximum absolute atomic E-state index is 10.6. The molecule has 0 aromatic carbocycles. The Balaban J connectivity index is 2.19. The highest BCUT2D eigenvalue weighted by Gasteiger charge is 2.53. The zero-order valence-corrected chi connectivity index (χ0v) is 8.72. The minimum Gasteiger partial charge on any atom is -0.550 e. The van der Waals surface area contributed by atoms with Gasteiger partial charge in [0.1, 0.15) is 0 Å². The first-order valence-electron chi connectivity index (χ1n) is 5.24. The molecule has 0 amide bonds. The van der Waals surface area contributed by atoms with E-state index < -0.39 is 17.7 Å². The first-order valence-corrected chi connectivity index (χ1v) is 5.24. The lowest BCUT2D eigenvalue weighted by molar-refractivity contribution is -0.309. The molecule has 2 fully saturated rings. The molecule has 15 heavy (non-hydrogen) atoms. The van der Waals surface area contributed by atoms with Crippen molar-refractivity contribution in [1.29, 1.82) is 0 Å². The summed E-state index contributed by atoms with van der Waals surface area (Å²) in [5, 5.41) is 30.4. The van der Waals surface area contributed by atoms with Crippen LogP contribution >= 0.6 is 0 Å². The second-order valence-corrected chi connectivity index (χ2v) is 4.82. The number of nitrogens with zero attached hydrogens (tertiary/aromatic N) is 1. The second kappa shape index (κ2) is 3.43. The number of piperidine rings is 1. The Hall–Kier alpha value is -0.650. The van der Waals surface area contributed by atoms with Gasteiger partial charge < -0.3 is 20.1 Å². The molecule has 4 unspecified atom stereocenters. The highest BCUT2D eigenvalue weighted by atomic mass is 16.4. The summed E-state index contributed by atoms with van der Waals surface area (Å²) < 4.78 is 0. The van der Waals surface area contributed by atoms with E-state index in [1.807, 2.05) is 11.9 Å². The van der Waals surface area contributed by atoms with E-state index in [1.165, 1.54) is 0 Å². The van der Waals surface area contributed by atoms with Crippen molar-refractivity contribution in [1.82, 2.24) is 4.90 Å². The van der Waals surface area contributed by atoms with Crippen molar-refractivity contribution in [3.8, 4) is 0 Å². The molecule has 0 radical (unpaired) electrons. The van der Waals surface area contributed by atoms with Crippen molar-refractivity contribution >= 4 is 5.97 Å². The Morgan fingerprint density at radius 1 is 1.60 bits per heavy atom. The molecule has 5 nitrogen and oxygen atoms in total. The molecule has 2 aliphatic rings. The standard InChI is InChI=1S/C10H17NO4/c1-11-6-2-7(12)3-8(11)10(15,4-6)5-9(13)14/h6-8,12,15H,2-5H2,1H3,(H,13,14)/p-1. The van der Waals surface area contributed by atoms with E-state index in [9.17, 15) is 20.1 Å². The van der Waals surface area contributed by atoms with Gasteiger partial charge in [0.25, 0.3) is 0 Å². The third-order valence-corrected chi connectivity index (χ3v) is 3.77. The first kappa shape index (κ1) is 10.9. The lowest BCUT2D eigenvalue weighted by atomic mass is 9.89. The second-order valence-electron chi connectivity index (χ2n) is 4.82. The first-order chi connectivity index (χ1) is 6.92. The molecule has 0 aliphatic carbocycles. The molecule has 0 aromatic rings. The van der Waals surface area contributed by atoms with Gasteiger partial charge in [-0.05, 0) is 26.3 Å². The van der Waals surface area contributed by atoms with Crippen molar-refractivity contribution in [2.24, 2.45) is 0 Å². The molecule has 0 aromatic heterocycles. The number of likely N-dealkylation sites (N-methyl/N-ethyl adjacent to an activating group) is 1. The Morgan fingerprint density at radius 2 is 2.27 bits per heavy atom. The van der Waals surface area contributed by atoms with Crippen LogP contribution in [0, 0.1) is 0 Å². The highest BCUT2D eigenvalue weighted by Crippen LogP contribution is 2.42. The van der Waals surface area contributed by atoms with Crippen molar-refractivity contribution in [2.75, 3.05) is 7.05 Å². The normalized spacial score (nSPS) is 45.7. The summed E-state index contributed by atoms with van der Waals surface area (Å²) in [6.07, 6.45) is 0.704. The number of hydrogen-bond donors (Lipinski definition) is 2. The summed E-state index contributed by atoms with van der Waals surface area (Å²) in [5.41, 5.74) is -1.23. The van der Waals surface area contributed by atoms with Crippen LogP contribution in [0.4, 0.5) is 0 Å². The summed E-state index contributed by atoms with van der Waals surface area (Å²) in [6, 6.07) is -0.174. The number of carboxylic acid groups (broad SMARTS) is 1. The molecule has 2 bridgehead atoms. The van der Waals surface area contributed by atoms with Crippen LogP contribution in [0.15, 0.2) is 0 Å². The van der Waals surface area contributed by atoms with E-state index in [1.54, 1.807) is 0 Å². The molecule has 2 aliphatic heterocycles. The summed E-state index contributed by atoms with van der Waals surface area (Å²) in [6.45, 7) is 0. The molecule has 2 saturated heterocycles. The van der Waals surface area contributed by atoms with Gasteiger partial charge in [0.15, 0.2) is 0 Å². The van der Waals surface area contributed by atoms with Gasteiger partial charge in [-0.1, -0.05) is 0 Å². The van der Waals surface area contributed by atoms with Gasteiger partial charge >= 0.3 is 0 Å². The lowest BCUT2D eigenvalue weighted by Gasteiger charge is -2.37. The maximum atomic E-state index is 10.6. The van der Waals surface area contributed by atoms with Crippen LogP contribution in [0.2, 0.25) is 0 Å². The molecule has 2 heterocycles. The van der Waals surface area contributed by atoms with Crippen LogP contribution in [0.25, 0.3) is 0 Å². The van der Waals surface area contributed by atoms with E-state index >= 15 is 0 Å². The van der Waals surface area contributed by atoms with Crippen molar-refractivity contribution in [3.63, 3.8) is 0 Å². The summed E-state index contributed by atoms with van der Waals surface area (Å²) in [5.74, 6) is -1.23. The van der Waals surface area contributed by atoms with Crippen LogP contribution in [-0.2, 0) is 4.79 Å². The smallest absolute Gasteiger partial charge is 0.0869 e. The van der Waals surface area contributed by atoms with Crippen LogP contribution in [0.3, 0.4) is 0 Å². The summed E-state index contributed by atoms with van der Waals surface area (Å²) >= 11 is 0. The average Bonchev–Trinajstić information content (AvgIpc) is 2.26. The monoisotopic (exact) mass is 214 g/mol. The molecular weight excluding hydrogens is 198 g/mol. The number of carboxylic acids is 1. The van der Waals surface area contributed by atoms with Crippen molar-refractivity contribution in [3.05, 3.63) is 0 Å². The predicted octanol–water partition coefficient (Wildman–Crippen LogP) is -1.92. The van der Waals surface area contributed by atoms with E-state index in [2.05, 4.69) is 0 Å². The molecule has 0 saturated carbocycles. The van der Waals surface area contributed by atoms with Crippen LogP contribution in [0.5, 0.6) is 0 Å². The van der Waals surface area contributed by atoms with Gasteiger partial charge in [-0.25, -0.2) is 0 Å². The van der Waals surface area contributed by atoms with Gasteiger partial charge in [-0.2, -0.15) is 0 Å². The number of aliphatic hydroxyl groups is 2. The SMILES string of the molecule is CN1C2CC(O)CC1C(O)(CC(=O)[O-])C2. The number of carbonyl (C=O) groups excluding carboxylic acids is 1. The minimum atomic E-state index is -1.23. The van der Waals surface area contributed by atoms with Crippen molar-refractivity contribution in [2.45, 2.75) is 49.5 Å². The average molecular weight is 214 g/mol. The summed E-state index contributed by atoms with van der Waals surface area (Å²) in [4.78, 5) is 12.6. The van der Waals surface area contributed by atoms with E-state index in [0.29, 0.717) is 19.3 Å². The molecule has 0 spiro atoms. The molecule has 4 atom stereocenters. The fraction of sp³-hybridized carbons (Fsp3) is 0.900. The Bertz CT molecular complexity index is 283. The number of hydrogen-bond acceptors (Lipinski definition) is 5. The highest BCUT2D eigenvalue weighted by molar-refractivity contribution is 5.66. The zero-order valence-electron chi connectivity index (χ0n) is 8.72. The van der Waals surface area contributed by atoms with Crippen LogP contribution < -0.4 is 5.11 Å². The van der Waals surface area contributed by atoms with Crippen LogP contribution in [-0.4, -0.2) is 51.9 Å². The number of aliphatic hydroxyl groups excluding tert-OH is 1. The maximum Gasteiger partial charge on any atom is 0.0869 e. The molecule has 86 valence electrons. The predicted molar refractivity (Wildman–Crippen MR) is 49.8 cm³/mol. The van der Waals surface area contributed by atoms with Gasteiger partial charge in [0, 0.05) is 24.5 Å². The molecule has 2 rings (SSSR count). The number of rotatable bonds is 2. The third-order valence-electron chi connectivity index (χ3n) is 3.77. The van der Waals surface area contributed by atoms with Crippen LogP contribution in [0.1, 0.15) is 25.7 Å². The molecular formula is C10H16NO4-. The van der Waals surface area contributed by atoms with E-state index in [0.717, 1.165) is 0 Å². The Morgan fingerprint density at radius 3 is 2.87 bits per heavy atom. The number of aliphatic carboxylic acids is 1. The zero-order chi connectivity index (χ0) is 11.2. The van der Waals surface area contributed by atoms with E-state index in [-0.39, 0.29) is 18.5 Å². The fourth-order valence-corrected chi connectivity index (χ4v) is 3.06. The van der Waals surface area contributed by atoms with Gasteiger partial charge in [-0.3, -0.25) is 4.90 Å². The fourth-order valence-electron chi connectivity index (χ4n) is 3.06. The van der Waals surface area contributed by atoms with Gasteiger partial charge in [0.05, 0.1) is 11.7 Å². The molecule has 2 N–H and O–H groups in total.